The fourth-order valence-electron chi connectivity index (χ4n) is 4.76. The van der Waals surface area contributed by atoms with Crippen molar-refractivity contribution in [3.8, 4) is 17.2 Å². The molecule has 1 unspecified atom stereocenters. The molecule has 1 aliphatic carbocycles. The number of aryl methyl sites for hydroxylation is 1. The van der Waals surface area contributed by atoms with E-state index in [1.54, 1.807) is 32.3 Å². The number of hydrogen-bond acceptors (Lipinski definition) is 5. The molecule has 0 saturated carbocycles. The normalized spacial score (nSPS) is 18.5. The molecule has 0 bridgehead atoms. The highest BCUT2D eigenvalue weighted by Crippen LogP contribution is 2.48. The summed E-state index contributed by atoms with van der Waals surface area (Å²) in [5, 5.41) is 0. The first-order chi connectivity index (χ1) is 15.5. The van der Waals surface area contributed by atoms with Gasteiger partial charge >= 0.3 is 0 Å². The molecule has 2 aromatic rings. The van der Waals surface area contributed by atoms with Gasteiger partial charge in [0.25, 0.3) is 0 Å². The summed E-state index contributed by atoms with van der Waals surface area (Å²) in [6, 6.07) is 11.6. The van der Waals surface area contributed by atoms with Crippen LogP contribution in [0.5, 0.6) is 17.2 Å². The predicted molar refractivity (Wildman–Crippen MR) is 123 cm³/mol. The summed E-state index contributed by atoms with van der Waals surface area (Å²) in [5.41, 5.74) is 4.30. The van der Waals surface area contributed by atoms with Crippen LogP contribution in [0.2, 0.25) is 0 Å². The Kier molecular flexibility index (Phi) is 6.21. The summed E-state index contributed by atoms with van der Waals surface area (Å²) in [7, 11) is 4.71. The molecule has 1 heterocycles. The van der Waals surface area contributed by atoms with E-state index in [2.05, 4.69) is 6.92 Å². The van der Waals surface area contributed by atoms with Crippen LogP contribution in [0.25, 0.3) is 0 Å². The molecule has 1 aliphatic heterocycles. The van der Waals surface area contributed by atoms with Crippen LogP contribution in [0, 0.1) is 0 Å². The van der Waals surface area contributed by atoms with E-state index in [1.165, 1.54) is 5.56 Å². The number of ketones is 1. The minimum Gasteiger partial charge on any atom is -0.496 e. The zero-order valence-electron chi connectivity index (χ0n) is 19.1. The summed E-state index contributed by atoms with van der Waals surface area (Å²) >= 11 is 0. The quantitative estimate of drug-likeness (QED) is 0.652. The summed E-state index contributed by atoms with van der Waals surface area (Å²) in [5.74, 6) is 1.34. The van der Waals surface area contributed by atoms with E-state index in [0.717, 1.165) is 29.8 Å². The first-order valence-electron chi connectivity index (χ1n) is 11.0. The van der Waals surface area contributed by atoms with Crippen molar-refractivity contribution in [2.45, 2.75) is 44.9 Å². The number of anilines is 1. The molecule has 6 nitrogen and oxygen atoms in total. The molecule has 168 valence electrons. The average molecular weight is 436 g/mol. The molecule has 6 heteroatoms. The number of ether oxygens (including phenoxy) is 3. The molecule has 2 aliphatic rings. The van der Waals surface area contributed by atoms with Gasteiger partial charge in [0.15, 0.2) is 17.3 Å². The van der Waals surface area contributed by atoms with Crippen molar-refractivity contribution >= 4 is 17.4 Å². The topological polar surface area (TPSA) is 65.1 Å². The first kappa shape index (κ1) is 21.9. The Morgan fingerprint density at radius 1 is 0.906 bits per heavy atom. The van der Waals surface area contributed by atoms with Gasteiger partial charge in [-0.25, -0.2) is 0 Å². The maximum absolute atomic E-state index is 13.5. The molecular formula is C26H29NO5. The largest absolute Gasteiger partial charge is 0.496 e. The van der Waals surface area contributed by atoms with Crippen molar-refractivity contribution in [1.29, 1.82) is 0 Å². The van der Waals surface area contributed by atoms with E-state index in [0.29, 0.717) is 35.7 Å². The van der Waals surface area contributed by atoms with Crippen molar-refractivity contribution in [3.63, 3.8) is 0 Å². The molecule has 0 fully saturated rings. The monoisotopic (exact) mass is 435 g/mol. The number of carbonyl (C=O) groups excluding carboxylic acids is 2. The van der Waals surface area contributed by atoms with Gasteiger partial charge in [-0.3, -0.25) is 14.5 Å². The lowest BCUT2D eigenvalue weighted by Gasteiger charge is -2.38. The van der Waals surface area contributed by atoms with Crippen LogP contribution in [0.1, 0.15) is 49.7 Å². The van der Waals surface area contributed by atoms with E-state index in [9.17, 15) is 9.59 Å². The van der Waals surface area contributed by atoms with Crippen LogP contribution >= 0.6 is 0 Å². The van der Waals surface area contributed by atoms with Crippen molar-refractivity contribution in [2.75, 3.05) is 26.2 Å². The van der Waals surface area contributed by atoms with Crippen LogP contribution in [-0.2, 0) is 16.0 Å². The van der Waals surface area contributed by atoms with Gasteiger partial charge in [0.2, 0.25) is 5.91 Å². The number of rotatable bonds is 6. The molecule has 0 radical (unpaired) electrons. The highest BCUT2D eigenvalue weighted by Gasteiger charge is 2.41. The van der Waals surface area contributed by atoms with Crippen LogP contribution < -0.4 is 19.1 Å². The Labute approximate surface area is 188 Å². The first-order valence-corrected chi connectivity index (χ1v) is 11.0. The molecule has 1 atom stereocenters. The number of nitrogens with zero attached hydrogens (tertiary/aromatic N) is 1. The Morgan fingerprint density at radius 2 is 1.56 bits per heavy atom. The maximum atomic E-state index is 13.5. The fourth-order valence-corrected chi connectivity index (χ4v) is 4.76. The van der Waals surface area contributed by atoms with Crippen LogP contribution in [0.3, 0.4) is 0 Å². The molecule has 1 amide bonds. The SMILES string of the molecule is CCc1ccc(N2C(=O)CC(c3cc(OC)c(OC)cc3OC)C3=C2CCCC3=O)cc1. The van der Waals surface area contributed by atoms with Gasteiger partial charge in [0.05, 0.1) is 21.3 Å². The van der Waals surface area contributed by atoms with Crippen molar-refractivity contribution in [2.24, 2.45) is 0 Å². The predicted octanol–water partition coefficient (Wildman–Crippen LogP) is 4.80. The molecule has 0 N–H and O–H groups in total. The third-order valence-corrected chi connectivity index (χ3v) is 6.39. The van der Waals surface area contributed by atoms with Crippen LogP contribution in [0.4, 0.5) is 5.69 Å². The van der Waals surface area contributed by atoms with Crippen LogP contribution in [-0.4, -0.2) is 33.0 Å². The molecule has 0 saturated heterocycles. The highest BCUT2D eigenvalue weighted by atomic mass is 16.5. The highest BCUT2D eigenvalue weighted by molar-refractivity contribution is 6.07. The van der Waals surface area contributed by atoms with Gasteiger partial charge < -0.3 is 14.2 Å². The Hall–Kier alpha value is -3.28. The third-order valence-electron chi connectivity index (χ3n) is 6.39. The second-order valence-electron chi connectivity index (χ2n) is 8.09. The second kappa shape index (κ2) is 9.07. The maximum Gasteiger partial charge on any atom is 0.232 e. The van der Waals surface area contributed by atoms with E-state index < -0.39 is 0 Å². The third kappa shape index (κ3) is 3.74. The number of allylic oxidation sites excluding steroid dienone is 2. The summed E-state index contributed by atoms with van der Waals surface area (Å²) in [6.07, 6.45) is 3.04. The number of hydrogen-bond donors (Lipinski definition) is 0. The molecule has 4 rings (SSSR count). The Morgan fingerprint density at radius 3 is 2.19 bits per heavy atom. The van der Waals surface area contributed by atoms with Gasteiger partial charge in [-0.2, -0.15) is 0 Å². The lowest BCUT2D eigenvalue weighted by Crippen LogP contribution is -2.40. The lowest BCUT2D eigenvalue weighted by molar-refractivity contribution is -0.119. The Balaban J connectivity index is 1.87. The zero-order valence-corrected chi connectivity index (χ0v) is 19.1. The van der Waals surface area contributed by atoms with Gasteiger partial charge in [0, 0.05) is 47.3 Å². The summed E-state index contributed by atoms with van der Waals surface area (Å²) < 4.78 is 16.5. The van der Waals surface area contributed by atoms with E-state index in [-0.39, 0.29) is 24.0 Å². The number of benzene rings is 2. The molecule has 2 aromatic carbocycles. The minimum absolute atomic E-state index is 0.0236. The van der Waals surface area contributed by atoms with Crippen molar-refractivity contribution in [3.05, 3.63) is 58.8 Å². The van der Waals surface area contributed by atoms with Gasteiger partial charge in [-0.1, -0.05) is 19.1 Å². The van der Waals surface area contributed by atoms with Crippen molar-refractivity contribution < 1.29 is 23.8 Å². The molecule has 0 spiro atoms. The van der Waals surface area contributed by atoms with Gasteiger partial charge in [-0.15, -0.1) is 0 Å². The lowest BCUT2D eigenvalue weighted by atomic mass is 9.76. The fraction of sp³-hybridized carbons (Fsp3) is 0.385. The summed E-state index contributed by atoms with van der Waals surface area (Å²) in [6.45, 7) is 2.10. The average Bonchev–Trinajstić information content (AvgIpc) is 2.82. The molecular weight excluding hydrogens is 406 g/mol. The van der Waals surface area contributed by atoms with Gasteiger partial charge in [-0.05, 0) is 43.0 Å². The van der Waals surface area contributed by atoms with E-state index >= 15 is 0 Å². The molecule has 0 aromatic heterocycles. The van der Waals surface area contributed by atoms with Gasteiger partial charge in [0.1, 0.15) is 5.75 Å². The standard InChI is InChI=1S/C26H29NO5/c1-5-16-9-11-17(12-10-16)27-20-7-6-8-21(28)26(20)19(14-25(27)29)18-13-23(31-3)24(32-4)15-22(18)30-2/h9-13,15,19H,5-8,14H2,1-4H3. The molecule has 32 heavy (non-hydrogen) atoms. The minimum atomic E-state index is -0.383. The number of amides is 1. The number of methoxy groups -OCH3 is 3. The summed E-state index contributed by atoms with van der Waals surface area (Å²) in [4.78, 5) is 28.4. The smallest absolute Gasteiger partial charge is 0.232 e. The van der Waals surface area contributed by atoms with E-state index in [4.69, 9.17) is 14.2 Å². The Bertz CT molecular complexity index is 1070. The number of carbonyl (C=O) groups is 2. The number of Topliss-reactive ketones (excluding diaryl/α,β-unsaturated/α-hetero) is 1. The second-order valence-corrected chi connectivity index (χ2v) is 8.09. The zero-order chi connectivity index (χ0) is 22.8. The van der Waals surface area contributed by atoms with E-state index in [1.807, 2.05) is 30.3 Å². The van der Waals surface area contributed by atoms with Crippen molar-refractivity contribution in [1.82, 2.24) is 0 Å². The van der Waals surface area contributed by atoms with Crippen LogP contribution in [0.15, 0.2) is 47.7 Å².